The van der Waals surface area contributed by atoms with Gasteiger partial charge in [-0.15, -0.1) is 0 Å². The zero-order valence-corrected chi connectivity index (χ0v) is 12.1. The second kappa shape index (κ2) is 5.90. The number of carboxylic acid groups (broad SMARTS) is 1. The van der Waals surface area contributed by atoms with Crippen molar-refractivity contribution in [3.8, 4) is 0 Å². The minimum atomic E-state index is -0.972. The Morgan fingerprint density at radius 3 is 2.32 bits per heavy atom. The lowest BCUT2D eigenvalue weighted by Gasteiger charge is -2.38. The van der Waals surface area contributed by atoms with E-state index < -0.39 is 17.0 Å². The van der Waals surface area contributed by atoms with Crippen molar-refractivity contribution in [2.24, 2.45) is 5.41 Å². The van der Waals surface area contributed by atoms with Crippen LogP contribution < -0.4 is 0 Å². The molecule has 1 amide bonds. The molecule has 1 aliphatic heterocycles. The quantitative estimate of drug-likeness (QED) is 0.797. The smallest absolute Gasteiger partial charge is 0.310 e. The number of aliphatic carboxylic acids is 1. The molecular weight excluding hydrogens is 246 g/mol. The number of hydrogen-bond acceptors (Lipinski definition) is 3. The van der Waals surface area contributed by atoms with Crippen LogP contribution in [0.4, 0.5) is 0 Å². The molecule has 1 atom stereocenters. The number of piperidine rings is 1. The fourth-order valence-corrected chi connectivity index (χ4v) is 2.71. The van der Waals surface area contributed by atoms with Crippen molar-refractivity contribution in [1.29, 1.82) is 0 Å². The number of amides is 1. The molecule has 1 heterocycles. The average Bonchev–Trinajstić information content (AvgIpc) is 2.34. The van der Waals surface area contributed by atoms with Crippen LogP contribution in [-0.2, 0) is 9.59 Å². The highest BCUT2D eigenvalue weighted by Gasteiger charge is 2.40. The first-order valence-corrected chi connectivity index (χ1v) is 7.00. The summed E-state index contributed by atoms with van der Waals surface area (Å²) in [6.07, 6.45) is 2.34. The number of carbonyl (C=O) groups is 2. The third-order valence-corrected chi connectivity index (χ3v) is 4.32. The molecule has 1 unspecified atom stereocenters. The zero-order chi connectivity index (χ0) is 14.7. The molecule has 2 N–H and O–H groups in total. The van der Waals surface area contributed by atoms with Gasteiger partial charge in [0.2, 0.25) is 5.91 Å². The predicted octanol–water partition coefficient (Wildman–Crippen LogP) is 1.64. The molecule has 5 nitrogen and oxygen atoms in total. The van der Waals surface area contributed by atoms with Crippen molar-refractivity contribution in [2.45, 2.75) is 58.5 Å². The monoisotopic (exact) mass is 271 g/mol. The Kier molecular flexibility index (Phi) is 4.96. The van der Waals surface area contributed by atoms with E-state index in [1.54, 1.807) is 25.7 Å². The first kappa shape index (κ1) is 16.0. The maximum absolute atomic E-state index is 12.3. The van der Waals surface area contributed by atoms with Gasteiger partial charge in [0, 0.05) is 19.5 Å². The van der Waals surface area contributed by atoms with Gasteiger partial charge < -0.3 is 15.1 Å². The Labute approximate surface area is 114 Å². The number of hydrogen-bond donors (Lipinski definition) is 2. The summed E-state index contributed by atoms with van der Waals surface area (Å²) in [4.78, 5) is 25.3. The molecule has 19 heavy (non-hydrogen) atoms. The third-order valence-electron chi connectivity index (χ3n) is 4.32. The van der Waals surface area contributed by atoms with Crippen LogP contribution in [0.25, 0.3) is 0 Å². The van der Waals surface area contributed by atoms with E-state index in [1.807, 2.05) is 0 Å². The number of carbonyl (C=O) groups excluding carboxylic acids is 1. The highest BCUT2D eigenvalue weighted by atomic mass is 16.4. The first-order valence-electron chi connectivity index (χ1n) is 7.00. The first-order chi connectivity index (χ1) is 8.76. The molecule has 1 saturated heterocycles. The van der Waals surface area contributed by atoms with Gasteiger partial charge in [0.15, 0.2) is 0 Å². The number of β-amino-alcohol motifs (C(OH)–C–C–N with tert-alkyl or cyclic N) is 1. The van der Waals surface area contributed by atoms with E-state index in [1.165, 1.54) is 0 Å². The summed E-state index contributed by atoms with van der Waals surface area (Å²) in [7, 11) is 0. The largest absolute Gasteiger partial charge is 0.481 e. The second-order valence-corrected chi connectivity index (χ2v) is 5.89. The van der Waals surface area contributed by atoms with Crippen LogP contribution >= 0.6 is 0 Å². The maximum Gasteiger partial charge on any atom is 0.310 e. The topological polar surface area (TPSA) is 77.8 Å². The molecule has 0 saturated carbocycles. The molecule has 0 aromatic rings. The second-order valence-electron chi connectivity index (χ2n) is 5.89. The van der Waals surface area contributed by atoms with Gasteiger partial charge in [-0.3, -0.25) is 9.59 Å². The summed E-state index contributed by atoms with van der Waals surface area (Å²) < 4.78 is 0. The summed E-state index contributed by atoms with van der Waals surface area (Å²) in [5.41, 5.74) is -1.82. The van der Waals surface area contributed by atoms with Crippen molar-refractivity contribution in [1.82, 2.24) is 4.90 Å². The van der Waals surface area contributed by atoms with Crippen LogP contribution in [0.3, 0.4) is 0 Å². The average molecular weight is 271 g/mol. The molecule has 0 spiro atoms. The molecule has 0 bridgehead atoms. The molecular formula is C14H25NO4. The normalized spacial score (nSPS) is 24.3. The van der Waals surface area contributed by atoms with E-state index in [4.69, 9.17) is 0 Å². The van der Waals surface area contributed by atoms with Gasteiger partial charge in [-0.2, -0.15) is 0 Å². The summed E-state index contributed by atoms with van der Waals surface area (Å²) in [5.74, 6) is -1.07. The Balaban J connectivity index is 2.75. The van der Waals surface area contributed by atoms with Gasteiger partial charge in [-0.05, 0) is 32.6 Å². The lowest BCUT2D eigenvalue weighted by Crippen LogP contribution is -2.50. The van der Waals surface area contributed by atoms with Crippen LogP contribution in [0.1, 0.15) is 52.9 Å². The van der Waals surface area contributed by atoms with Crippen molar-refractivity contribution in [3.05, 3.63) is 0 Å². The van der Waals surface area contributed by atoms with E-state index in [9.17, 15) is 19.8 Å². The third kappa shape index (κ3) is 3.69. The Hall–Kier alpha value is -1.10. The van der Waals surface area contributed by atoms with E-state index >= 15 is 0 Å². The Morgan fingerprint density at radius 2 is 1.89 bits per heavy atom. The molecule has 0 aliphatic carbocycles. The fraction of sp³-hybridized carbons (Fsp3) is 0.857. The van der Waals surface area contributed by atoms with Crippen LogP contribution in [0.2, 0.25) is 0 Å². The van der Waals surface area contributed by atoms with Crippen LogP contribution in [-0.4, -0.2) is 45.7 Å². The van der Waals surface area contributed by atoms with Crippen LogP contribution in [0.15, 0.2) is 0 Å². The van der Waals surface area contributed by atoms with E-state index in [-0.39, 0.29) is 12.3 Å². The van der Waals surface area contributed by atoms with E-state index in [2.05, 4.69) is 0 Å². The number of carboxylic acids is 1. The number of rotatable bonds is 5. The molecule has 0 aromatic heterocycles. The number of aliphatic hydroxyl groups is 1. The summed E-state index contributed by atoms with van der Waals surface area (Å²) >= 11 is 0. The molecule has 1 fully saturated rings. The van der Waals surface area contributed by atoms with E-state index in [0.717, 1.165) is 6.42 Å². The minimum absolute atomic E-state index is 0.0193. The van der Waals surface area contributed by atoms with Gasteiger partial charge in [0.05, 0.1) is 11.0 Å². The highest BCUT2D eigenvalue weighted by Crippen LogP contribution is 2.32. The summed E-state index contributed by atoms with van der Waals surface area (Å²) in [6.45, 7) is 6.23. The molecule has 110 valence electrons. The van der Waals surface area contributed by atoms with Crippen molar-refractivity contribution in [2.75, 3.05) is 13.1 Å². The lowest BCUT2D eigenvalue weighted by molar-refractivity contribution is -0.155. The number of likely N-dealkylation sites (tertiary alicyclic amines) is 1. The zero-order valence-electron chi connectivity index (χ0n) is 12.1. The van der Waals surface area contributed by atoms with Gasteiger partial charge >= 0.3 is 5.97 Å². The van der Waals surface area contributed by atoms with Gasteiger partial charge in [-0.25, -0.2) is 0 Å². The van der Waals surface area contributed by atoms with Crippen molar-refractivity contribution in [3.63, 3.8) is 0 Å². The maximum atomic E-state index is 12.3. The molecule has 0 aromatic carbocycles. The van der Waals surface area contributed by atoms with Crippen LogP contribution in [0.5, 0.6) is 0 Å². The number of nitrogens with zero attached hydrogens (tertiary/aromatic N) is 1. The minimum Gasteiger partial charge on any atom is -0.481 e. The summed E-state index contributed by atoms with van der Waals surface area (Å²) in [6, 6.07) is 0. The summed E-state index contributed by atoms with van der Waals surface area (Å²) in [5, 5.41) is 19.4. The van der Waals surface area contributed by atoms with Gasteiger partial charge in [0.1, 0.15) is 0 Å². The fourth-order valence-electron chi connectivity index (χ4n) is 2.71. The van der Waals surface area contributed by atoms with Gasteiger partial charge in [0.25, 0.3) is 0 Å². The molecule has 1 rings (SSSR count). The van der Waals surface area contributed by atoms with Crippen molar-refractivity contribution < 1.29 is 19.8 Å². The van der Waals surface area contributed by atoms with Crippen LogP contribution in [0, 0.1) is 5.41 Å². The molecule has 0 radical (unpaired) electrons. The Bertz CT molecular complexity index is 347. The Morgan fingerprint density at radius 1 is 1.32 bits per heavy atom. The molecule has 5 heteroatoms. The SMILES string of the molecule is CCC(CC)(CC(=O)N1CCCC(C)(O)C1)C(=O)O. The van der Waals surface area contributed by atoms with Crippen molar-refractivity contribution >= 4 is 11.9 Å². The lowest BCUT2D eigenvalue weighted by atomic mass is 9.78. The molecule has 1 aliphatic rings. The highest BCUT2D eigenvalue weighted by molar-refractivity contribution is 5.85. The predicted molar refractivity (Wildman–Crippen MR) is 71.7 cm³/mol. The van der Waals surface area contributed by atoms with Gasteiger partial charge in [-0.1, -0.05) is 13.8 Å². The standard InChI is InChI=1S/C14H25NO4/c1-4-14(5-2,12(17)18)9-11(16)15-8-6-7-13(3,19)10-15/h19H,4-10H2,1-3H3,(H,17,18). The van der Waals surface area contributed by atoms with E-state index in [0.29, 0.717) is 32.4 Å².